The molecule has 1 aliphatic rings. The van der Waals surface area contributed by atoms with Crippen LogP contribution >= 0.6 is 11.6 Å². The third-order valence-electron chi connectivity index (χ3n) is 5.29. The normalized spacial score (nSPS) is 15.9. The molecule has 2 aromatic carbocycles. The second-order valence-corrected chi connectivity index (χ2v) is 7.63. The molecule has 1 saturated heterocycles. The Labute approximate surface area is 174 Å². The fourth-order valence-electron chi connectivity index (χ4n) is 3.58. The molecule has 1 amide bonds. The largest absolute Gasteiger partial charge is 0.385 e. The Balaban J connectivity index is 1.60. The van der Waals surface area contributed by atoms with Crippen molar-refractivity contribution in [2.24, 2.45) is 5.73 Å². The summed E-state index contributed by atoms with van der Waals surface area (Å²) in [5, 5.41) is 11.7. The van der Waals surface area contributed by atoms with Gasteiger partial charge in [0.05, 0.1) is 11.3 Å². The zero-order chi connectivity index (χ0) is 20.4. The van der Waals surface area contributed by atoms with E-state index in [0.29, 0.717) is 42.6 Å². The Kier molecular flexibility index (Phi) is 5.22. The molecule has 0 saturated carbocycles. The van der Waals surface area contributed by atoms with Crippen LogP contribution in [-0.4, -0.2) is 34.1 Å². The number of nitrogens with zero attached hydrogens (tertiary/aromatic N) is 3. The van der Waals surface area contributed by atoms with Crippen molar-refractivity contribution in [1.29, 1.82) is 0 Å². The molecule has 0 unspecified atom stereocenters. The lowest BCUT2D eigenvalue weighted by molar-refractivity contribution is 0.0115. The molecule has 4 rings (SSSR count). The number of anilines is 1. The maximum atomic E-state index is 11.8. The minimum atomic E-state index is -0.926. The summed E-state index contributed by atoms with van der Waals surface area (Å²) < 4.78 is 0. The van der Waals surface area contributed by atoms with E-state index < -0.39 is 11.5 Å². The van der Waals surface area contributed by atoms with Crippen LogP contribution in [0, 0.1) is 0 Å². The molecule has 3 aromatic rings. The van der Waals surface area contributed by atoms with E-state index in [1.807, 2.05) is 47.4 Å². The highest BCUT2D eigenvalue weighted by Gasteiger charge is 2.35. The van der Waals surface area contributed by atoms with Gasteiger partial charge in [-0.3, -0.25) is 4.79 Å². The zero-order valence-electron chi connectivity index (χ0n) is 15.8. The van der Waals surface area contributed by atoms with Crippen molar-refractivity contribution >= 4 is 23.5 Å². The minimum absolute atomic E-state index is 0.174. The third kappa shape index (κ3) is 4.09. The molecule has 7 heteroatoms. The summed E-state index contributed by atoms with van der Waals surface area (Å²) in [5.74, 6) is -0.154. The number of halogens is 1. The van der Waals surface area contributed by atoms with Gasteiger partial charge in [-0.05, 0) is 36.6 Å². The van der Waals surface area contributed by atoms with Crippen LogP contribution in [0.3, 0.4) is 0 Å². The van der Waals surface area contributed by atoms with Crippen LogP contribution in [0.1, 0.15) is 28.9 Å². The highest BCUT2D eigenvalue weighted by atomic mass is 35.5. The molecule has 0 atom stereocenters. The van der Waals surface area contributed by atoms with Crippen molar-refractivity contribution in [2.75, 3.05) is 18.0 Å². The van der Waals surface area contributed by atoms with Gasteiger partial charge in [-0.25, -0.2) is 9.97 Å². The highest BCUT2D eigenvalue weighted by Crippen LogP contribution is 2.34. The minimum Gasteiger partial charge on any atom is -0.385 e. The van der Waals surface area contributed by atoms with E-state index in [1.165, 1.54) is 0 Å². The van der Waals surface area contributed by atoms with Gasteiger partial charge in [0.2, 0.25) is 5.95 Å². The summed E-state index contributed by atoms with van der Waals surface area (Å²) in [4.78, 5) is 22.8. The summed E-state index contributed by atoms with van der Waals surface area (Å²) in [5.41, 5.74) is 7.11. The lowest BCUT2D eigenvalue weighted by atomic mass is 9.84. The van der Waals surface area contributed by atoms with Gasteiger partial charge >= 0.3 is 0 Å². The quantitative estimate of drug-likeness (QED) is 0.690. The monoisotopic (exact) mass is 408 g/mol. The molecule has 0 spiro atoms. The SMILES string of the molecule is NC(=O)c1cc(-c2ccccc2)nc(N2CCC(O)(c3ccc(Cl)cc3)CC2)n1. The maximum absolute atomic E-state index is 11.8. The molecule has 148 valence electrons. The van der Waals surface area contributed by atoms with Crippen molar-refractivity contribution in [3.8, 4) is 11.3 Å². The molecule has 0 bridgehead atoms. The van der Waals surface area contributed by atoms with Gasteiger partial charge in [-0.15, -0.1) is 0 Å². The smallest absolute Gasteiger partial charge is 0.267 e. The van der Waals surface area contributed by atoms with Gasteiger partial charge in [-0.2, -0.15) is 0 Å². The molecule has 0 radical (unpaired) electrons. The van der Waals surface area contributed by atoms with Crippen LogP contribution in [-0.2, 0) is 5.60 Å². The summed E-state index contributed by atoms with van der Waals surface area (Å²) in [7, 11) is 0. The Morgan fingerprint density at radius 3 is 2.31 bits per heavy atom. The third-order valence-corrected chi connectivity index (χ3v) is 5.54. The molecule has 6 nitrogen and oxygen atoms in total. The van der Waals surface area contributed by atoms with Gasteiger partial charge in [0, 0.05) is 23.7 Å². The van der Waals surface area contributed by atoms with Crippen molar-refractivity contribution in [2.45, 2.75) is 18.4 Å². The number of piperidine rings is 1. The molecule has 2 heterocycles. The van der Waals surface area contributed by atoms with Gasteiger partial charge in [0.25, 0.3) is 5.91 Å². The fraction of sp³-hybridized carbons (Fsp3) is 0.227. The maximum Gasteiger partial charge on any atom is 0.267 e. The average Bonchev–Trinajstić information content (AvgIpc) is 2.75. The molecular formula is C22H21ClN4O2. The zero-order valence-corrected chi connectivity index (χ0v) is 16.5. The topological polar surface area (TPSA) is 92.3 Å². The first-order valence-electron chi connectivity index (χ1n) is 9.42. The number of hydrogen-bond donors (Lipinski definition) is 2. The van der Waals surface area contributed by atoms with E-state index >= 15 is 0 Å². The van der Waals surface area contributed by atoms with E-state index in [9.17, 15) is 9.90 Å². The lowest BCUT2D eigenvalue weighted by Crippen LogP contribution is -2.43. The number of carbonyl (C=O) groups excluding carboxylic acids is 1. The Morgan fingerprint density at radius 1 is 1.03 bits per heavy atom. The van der Waals surface area contributed by atoms with Crippen molar-refractivity contribution in [3.63, 3.8) is 0 Å². The number of rotatable bonds is 4. The number of aliphatic hydroxyl groups is 1. The van der Waals surface area contributed by atoms with Crippen LogP contribution in [0.4, 0.5) is 5.95 Å². The van der Waals surface area contributed by atoms with E-state index in [1.54, 1.807) is 18.2 Å². The number of hydrogen-bond acceptors (Lipinski definition) is 5. The summed E-state index contributed by atoms with van der Waals surface area (Å²) in [6, 6.07) is 18.5. The standard InChI is InChI=1S/C22H21ClN4O2/c23-17-8-6-16(7-9-17)22(29)10-12-27(13-11-22)21-25-18(14-19(26-21)20(24)28)15-4-2-1-3-5-15/h1-9,14,29H,10-13H2,(H2,24,28). The molecular weight excluding hydrogens is 388 g/mol. The summed E-state index contributed by atoms with van der Waals surface area (Å²) in [6.45, 7) is 1.10. The summed E-state index contributed by atoms with van der Waals surface area (Å²) in [6.07, 6.45) is 1.03. The molecule has 29 heavy (non-hydrogen) atoms. The van der Waals surface area contributed by atoms with Crippen molar-refractivity contribution in [3.05, 3.63) is 76.9 Å². The van der Waals surface area contributed by atoms with Crippen molar-refractivity contribution < 1.29 is 9.90 Å². The second kappa shape index (κ2) is 7.81. The average molecular weight is 409 g/mol. The number of primary amides is 1. The van der Waals surface area contributed by atoms with Gasteiger partial charge < -0.3 is 15.7 Å². The van der Waals surface area contributed by atoms with E-state index in [0.717, 1.165) is 11.1 Å². The van der Waals surface area contributed by atoms with Gasteiger partial charge in [0.15, 0.2) is 0 Å². The first-order valence-corrected chi connectivity index (χ1v) is 9.80. The first-order chi connectivity index (χ1) is 13.9. The van der Waals surface area contributed by atoms with Crippen LogP contribution in [0.2, 0.25) is 5.02 Å². The lowest BCUT2D eigenvalue weighted by Gasteiger charge is -2.38. The Bertz CT molecular complexity index is 1020. The number of benzene rings is 2. The number of aromatic nitrogens is 2. The first kappa shape index (κ1) is 19.4. The van der Waals surface area contributed by atoms with Crippen LogP contribution in [0.25, 0.3) is 11.3 Å². The van der Waals surface area contributed by atoms with Gasteiger partial charge in [0.1, 0.15) is 5.69 Å². The predicted molar refractivity (Wildman–Crippen MR) is 113 cm³/mol. The van der Waals surface area contributed by atoms with E-state index in [4.69, 9.17) is 17.3 Å². The van der Waals surface area contributed by atoms with Gasteiger partial charge in [-0.1, -0.05) is 54.1 Å². The second-order valence-electron chi connectivity index (χ2n) is 7.19. The van der Waals surface area contributed by atoms with Crippen LogP contribution in [0.15, 0.2) is 60.7 Å². The Hall–Kier alpha value is -2.96. The molecule has 3 N–H and O–H groups in total. The molecule has 1 aromatic heterocycles. The number of nitrogens with two attached hydrogens (primary N) is 1. The number of amides is 1. The fourth-order valence-corrected chi connectivity index (χ4v) is 3.71. The Morgan fingerprint density at radius 2 is 1.69 bits per heavy atom. The highest BCUT2D eigenvalue weighted by molar-refractivity contribution is 6.30. The van der Waals surface area contributed by atoms with Crippen molar-refractivity contribution in [1.82, 2.24) is 9.97 Å². The van der Waals surface area contributed by atoms with E-state index in [2.05, 4.69) is 9.97 Å². The summed E-state index contributed by atoms with van der Waals surface area (Å²) >= 11 is 5.96. The van der Waals surface area contributed by atoms with Crippen LogP contribution < -0.4 is 10.6 Å². The number of carbonyl (C=O) groups is 1. The molecule has 1 aliphatic heterocycles. The van der Waals surface area contributed by atoms with Crippen LogP contribution in [0.5, 0.6) is 0 Å². The molecule has 1 fully saturated rings. The van der Waals surface area contributed by atoms with E-state index in [-0.39, 0.29) is 5.69 Å². The predicted octanol–water partition coefficient (Wildman–Crippen LogP) is 3.38. The molecule has 0 aliphatic carbocycles.